The lowest BCUT2D eigenvalue weighted by atomic mass is 9.94. The summed E-state index contributed by atoms with van der Waals surface area (Å²) < 4.78 is 24.9. The summed E-state index contributed by atoms with van der Waals surface area (Å²) >= 11 is 0. The molecule has 1 unspecified atom stereocenters. The van der Waals surface area contributed by atoms with Gasteiger partial charge in [0.05, 0.1) is 7.11 Å². The van der Waals surface area contributed by atoms with E-state index in [0.29, 0.717) is 24.5 Å². The van der Waals surface area contributed by atoms with E-state index in [9.17, 15) is 14.3 Å². The first kappa shape index (κ1) is 18.4. The molecule has 3 aromatic rings. The van der Waals surface area contributed by atoms with Crippen molar-refractivity contribution >= 4 is 17.1 Å². The Morgan fingerprint density at radius 2 is 2.04 bits per heavy atom. The number of para-hydroxylation sites is 2. The van der Waals surface area contributed by atoms with Crippen molar-refractivity contribution in [3.8, 4) is 5.75 Å². The van der Waals surface area contributed by atoms with Crippen molar-refractivity contribution in [3.05, 3.63) is 59.7 Å². The molecule has 0 radical (unpaired) electrons. The molecule has 0 spiro atoms. The van der Waals surface area contributed by atoms with E-state index in [4.69, 9.17) is 9.15 Å². The summed E-state index contributed by atoms with van der Waals surface area (Å²) in [6.45, 7) is 1.13. The maximum atomic E-state index is 14.1. The highest BCUT2D eigenvalue weighted by Crippen LogP contribution is 2.34. The fourth-order valence-electron chi connectivity index (χ4n) is 3.83. The summed E-state index contributed by atoms with van der Waals surface area (Å²) in [5.74, 6) is -0.617. The number of rotatable bonds is 5. The van der Waals surface area contributed by atoms with Crippen LogP contribution in [-0.4, -0.2) is 41.2 Å². The van der Waals surface area contributed by atoms with Gasteiger partial charge in [-0.2, -0.15) is 0 Å². The predicted molar refractivity (Wildman–Crippen MR) is 101 cm³/mol. The van der Waals surface area contributed by atoms with Crippen LogP contribution in [0.15, 0.2) is 46.9 Å². The number of carboxylic acids is 1. The molecule has 1 aliphatic heterocycles. The van der Waals surface area contributed by atoms with Crippen LogP contribution in [0.3, 0.4) is 0 Å². The van der Waals surface area contributed by atoms with Gasteiger partial charge in [0.25, 0.3) is 0 Å². The first-order chi connectivity index (χ1) is 13.6. The van der Waals surface area contributed by atoms with Crippen LogP contribution in [0.4, 0.5) is 4.39 Å². The van der Waals surface area contributed by atoms with Crippen molar-refractivity contribution in [3.63, 3.8) is 0 Å². The minimum atomic E-state index is -0.995. The van der Waals surface area contributed by atoms with Crippen molar-refractivity contribution in [2.45, 2.75) is 24.8 Å². The highest BCUT2D eigenvalue weighted by Gasteiger charge is 2.33. The van der Waals surface area contributed by atoms with Gasteiger partial charge >= 0.3 is 5.97 Å². The molecule has 1 aliphatic rings. The Morgan fingerprint density at radius 3 is 2.68 bits per heavy atom. The quantitative estimate of drug-likeness (QED) is 0.717. The van der Waals surface area contributed by atoms with E-state index >= 15 is 0 Å². The van der Waals surface area contributed by atoms with Gasteiger partial charge in [-0.25, -0.2) is 9.37 Å². The average Bonchev–Trinajstić information content (AvgIpc) is 3.13. The molecule has 0 saturated carbocycles. The van der Waals surface area contributed by atoms with Gasteiger partial charge in [0, 0.05) is 19.0 Å². The number of likely N-dealkylation sites (tertiary alicyclic amines) is 1. The van der Waals surface area contributed by atoms with Crippen molar-refractivity contribution in [1.29, 1.82) is 0 Å². The number of piperidine rings is 1. The molecular weight excluding hydrogens is 363 g/mol. The van der Waals surface area contributed by atoms with Crippen molar-refractivity contribution in [2.75, 3.05) is 20.2 Å². The Labute approximate surface area is 161 Å². The molecule has 146 valence electrons. The molecular formula is C21H21FN2O4. The van der Waals surface area contributed by atoms with Gasteiger partial charge in [-0.3, -0.25) is 9.69 Å². The Kier molecular flexibility index (Phi) is 5.00. The van der Waals surface area contributed by atoms with Gasteiger partial charge in [0.1, 0.15) is 11.6 Å². The number of oxazole rings is 1. The summed E-state index contributed by atoms with van der Waals surface area (Å²) in [5, 5.41) is 9.75. The molecule has 6 nitrogen and oxygen atoms in total. The van der Waals surface area contributed by atoms with Crippen LogP contribution >= 0.6 is 0 Å². The average molecular weight is 384 g/mol. The van der Waals surface area contributed by atoms with Crippen LogP contribution in [-0.2, 0) is 4.79 Å². The zero-order chi connectivity index (χ0) is 19.7. The summed E-state index contributed by atoms with van der Waals surface area (Å²) in [6.07, 6.45) is 1.46. The number of halogens is 1. The molecule has 1 N–H and O–H groups in total. The highest BCUT2D eigenvalue weighted by molar-refractivity contribution is 5.75. The summed E-state index contributed by atoms with van der Waals surface area (Å²) in [6, 6.07) is 11.0. The first-order valence-corrected chi connectivity index (χ1v) is 9.22. The second kappa shape index (κ2) is 7.59. The van der Waals surface area contributed by atoms with Gasteiger partial charge < -0.3 is 14.3 Å². The number of carbonyl (C=O) groups is 1. The van der Waals surface area contributed by atoms with E-state index < -0.39 is 17.8 Å². The highest BCUT2D eigenvalue weighted by atomic mass is 19.1. The second-order valence-corrected chi connectivity index (χ2v) is 6.96. The number of fused-ring (bicyclic) bond motifs is 1. The van der Waals surface area contributed by atoms with Crippen LogP contribution in [0.1, 0.15) is 36.3 Å². The monoisotopic (exact) mass is 384 g/mol. The first-order valence-electron chi connectivity index (χ1n) is 9.22. The normalized spacial score (nSPS) is 16.9. The fourth-order valence-corrected chi connectivity index (χ4v) is 3.83. The molecule has 2 aromatic carbocycles. The van der Waals surface area contributed by atoms with Gasteiger partial charge in [-0.1, -0.05) is 18.2 Å². The fraction of sp³-hybridized carbons (Fsp3) is 0.333. The minimum absolute atomic E-state index is 0.0996. The Morgan fingerprint density at radius 1 is 1.29 bits per heavy atom. The van der Waals surface area contributed by atoms with E-state index in [-0.39, 0.29) is 11.7 Å². The van der Waals surface area contributed by atoms with Gasteiger partial charge in [-0.15, -0.1) is 0 Å². The number of aromatic nitrogens is 1. The van der Waals surface area contributed by atoms with Crippen molar-refractivity contribution in [1.82, 2.24) is 9.88 Å². The summed E-state index contributed by atoms with van der Waals surface area (Å²) in [4.78, 5) is 18.3. The lowest BCUT2D eigenvalue weighted by molar-refractivity contribution is -0.144. The molecule has 1 saturated heterocycles. The molecule has 1 fully saturated rings. The smallest absolute Gasteiger partial charge is 0.325 e. The molecule has 0 bridgehead atoms. The molecule has 28 heavy (non-hydrogen) atoms. The molecule has 7 heteroatoms. The van der Waals surface area contributed by atoms with Crippen LogP contribution in [0.2, 0.25) is 0 Å². The number of carboxylic acid groups (broad SMARTS) is 1. The number of methoxy groups -OCH3 is 1. The van der Waals surface area contributed by atoms with Gasteiger partial charge in [-0.05, 0) is 42.7 Å². The van der Waals surface area contributed by atoms with Crippen molar-refractivity contribution in [2.24, 2.45) is 0 Å². The zero-order valence-electron chi connectivity index (χ0n) is 15.5. The molecule has 0 aliphatic carbocycles. The van der Waals surface area contributed by atoms with E-state index in [2.05, 4.69) is 4.98 Å². The molecule has 1 aromatic heterocycles. The van der Waals surface area contributed by atoms with Gasteiger partial charge in [0.15, 0.2) is 23.0 Å². The van der Waals surface area contributed by atoms with Crippen molar-refractivity contribution < 1.29 is 23.4 Å². The van der Waals surface area contributed by atoms with E-state index in [1.807, 2.05) is 29.2 Å². The number of nitrogens with zero attached hydrogens (tertiary/aromatic N) is 2. The molecule has 2 heterocycles. The zero-order valence-corrected chi connectivity index (χ0v) is 15.5. The largest absolute Gasteiger partial charge is 0.494 e. The molecule has 0 amide bonds. The third-order valence-corrected chi connectivity index (χ3v) is 5.28. The Balaban J connectivity index is 1.50. The Bertz CT molecular complexity index is 962. The van der Waals surface area contributed by atoms with Gasteiger partial charge in [0.2, 0.25) is 0 Å². The number of aliphatic carboxylic acids is 1. The predicted octanol–water partition coefficient (Wildman–Crippen LogP) is 3.98. The Hall–Kier alpha value is -2.93. The topological polar surface area (TPSA) is 75.8 Å². The number of hydrogen-bond donors (Lipinski definition) is 1. The standard InChI is InChI=1S/C21H21FN2O4/c1-27-17-7-6-14(12-15(17)22)19(21(25)26)24-10-8-13(9-11-24)20-23-16-4-2-3-5-18(16)28-20/h2-7,12-13,19H,8-11H2,1H3,(H,25,26). The van der Waals surface area contributed by atoms with E-state index in [1.165, 1.54) is 19.2 Å². The molecule has 4 rings (SSSR count). The van der Waals surface area contributed by atoms with Crippen LogP contribution < -0.4 is 4.74 Å². The summed E-state index contributed by atoms with van der Waals surface area (Å²) in [7, 11) is 1.38. The lowest BCUT2D eigenvalue weighted by Crippen LogP contribution is -2.39. The van der Waals surface area contributed by atoms with Crippen LogP contribution in [0.5, 0.6) is 5.75 Å². The molecule has 1 atom stereocenters. The number of benzene rings is 2. The second-order valence-electron chi connectivity index (χ2n) is 6.96. The SMILES string of the molecule is COc1ccc(C(C(=O)O)N2CCC(c3nc4ccccc4o3)CC2)cc1F. The maximum Gasteiger partial charge on any atom is 0.325 e. The van der Waals surface area contributed by atoms with Crippen LogP contribution in [0, 0.1) is 5.82 Å². The van der Waals surface area contributed by atoms with Crippen LogP contribution in [0.25, 0.3) is 11.1 Å². The lowest BCUT2D eigenvalue weighted by Gasteiger charge is -2.34. The minimum Gasteiger partial charge on any atom is -0.494 e. The third kappa shape index (κ3) is 3.45. The van der Waals surface area contributed by atoms with E-state index in [1.54, 1.807) is 6.07 Å². The summed E-state index contributed by atoms with van der Waals surface area (Å²) in [5.41, 5.74) is 2.00. The maximum absolute atomic E-state index is 14.1. The van der Waals surface area contributed by atoms with E-state index in [0.717, 1.165) is 23.9 Å². The number of hydrogen-bond acceptors (Lipinski definition) is 5. The third-order valence-electron chi connectivity index (χ3n) is 5.28. The number of ether oxygens (including phenoxy) is 1.